The Labute approximate surface area is 146 Å². The molecule has 25 heavy (non-hydrogen) atoms. The maximum Gasteiger partial charge on any atom is 0.169 e. The van der Waals surface area contributed by atoms with Gasteiger partial charge < -0.3 is 14.6 Å². The van der Waals surface area contributed by atoms with Crippen molar-refractivity contribution in [3.05, 3.63) is 83.7 Å². The molecule has 0 aliphatic heterocycles. The number of hydrogen-bond donors (Lipinski definition) is 1. The molecule has 3 aromatic carbocycles. The van der Waals surface area contributed by atoms with Crippen LogP contribution in [0.3, 0.4) is 0 Å². The molecule has 1 N–H and O–H groups in total. The normalized spacial score (nSPS) is 10.5. The van der Waals surface area contributed by atoms with Crippen molar-refractivity contribution in [2.24, 2.45) is 0 Å². The van der Waals surface area contributed by atoms with Gasteiger partial charge in [-0.05, 0) is 41.8 Å². The first kappa shape index (κ1) is 16.8. The second-order valence-electron chi connectivity index (χ2n) is 5.63. The van der Waals surface area contributed by atoms with Gasteiger partial charge in [-0.25, -0.2) is 4.39 Å². The zero-order valence-electron chi connectivity index (χ0n) is 13.9. The summed E-state index contributed by atoms with van der Waals surface area (Å²) in [5.41, 5.74) is 2.13. The maximum atomic E-state index is 13.9. The van der Waals surface area contributed by atoms with E-state index in [2.05, 4.69) is 6.92 Å². The molecule has 0 aliphatic carbocycles. The van der Waals surface area contributed by atoms with Crippen LogP contribution in [0, 0.1) is 5.82 Å². The number of phenolic OH excluding ortho intramolecular Hbond substituents is 1. The Morgan fingerprint density at radius 2 is 1.60 bits per heavy atom. The Hall–Kier alpha value is -3.01. The first-order valence-corrected chi connectivity index (χ1v) is 8.11. The maximum absolute atomic E-state index is 13.9. The lowest BCUT2D eigenvalue weighted by Gasteiger charge is -2.14. The van der Waals surface area contributed by atoms with Gasteiger partial charge in [0.25, 0.3) is 0 Å². The van der Waals surface area contributed by atoms with Crippen LogP contribution < -0.4 is 9.47 Å². The van der Waals surface area contributed by atoms with Gasteiger partial charge in [-0.15, -0.1) is 0 Å². The van der Waals surface area contributed by atoms with Crippen molar-refractivity contribution in [1.29, 1.82) is 0 Å². The van der Waals surface area contributed by atoms with Crippen molar-refractivity contribution in [2.45, 2.75) is 20.0 Å². The van der Waals surface area contributed by atoms with Gasteiger partial charge in [-0.2, -0.15) is 0 Å². The molecule has 4 heteroatoms. The molecule has 0 bridgehead atoms. The van der Waals surface area contributed by atoms with Crippen molar-refractivity contribution in [1.82, 2.24) is 0 Å². The number of phenols is 1. The zero-order valence-corrected chi connectivity index (χ0v) is 13.9. The summed E-state index contributed by atoms with van der Waals surface area (Å²) in [5, 5.41) is 9.32. The molecule has 0 heterocycles. The van der Waals surface area contributed by atoms with Crippen LogP contribution in [0.25, 0.3) is 0 Å². The third-order valence-corrected chi connectivity index (χ3v) is 3.79. The molecule has 0 saturated carbocycles. The molecule has 0 radical (unpaired) electrons. The minimum Gasteiger partial charge on any atom is -0.508 e. The Balaban J connectivity index is 1.85. The fourth-order valence-corrected chi connectivity index (χ4v) is 2.40. The van der Waals surface area contributed by atoms with Crippen molar-refractivity contribution in [2.75, 3.05) is 0 Å². The van der Waals surface area contributed by atoms with Gasteiger partial charge in [0.05, 0.1) is 0 Å². The topological polar surface area (TPSA) is 38.7 Å². The molecule has 0 unspecified atom stereocenters. The van der Waals surface area contributed by atoms with Crippen LogP contribution >= 0.6 is 0 Å². The summed E-state index contributed by atoms with van der Waals surface area (Å²) in [6.45, 7) is 2.44. The Morgan fingerprint density at radius 3 is 2.32 bits per heavy atom. The highest BCUT2D eigenvalue weighted by Crippen LogP contribution is 2.35. The molecule has 128 valence electrons. The van der Waals surface area contributed by atoms with Crippen LogP contribution in [-0.4, -0.2) is 5.11 Å². The molecule has 0 amide bonds. The van der Waals surface area contributed by atoms with E-state index in [4.69, 9.17) is 9.47 Å². The molecule has 0 aliphatic rings. The molecule has 0 saturated heterocycles. The van der Waals surface area contributed by atoms with Crippen LogP contribution in [0.2, 0.25) is 0 Å². The Morgan fingerprint density at radius 1 is 0.840 bits per heavy atom. The molecule has 0 aromatic heterocycles. The first-order valence-electron chi connectivity index (χ1n) is 8.11. The van der Waals surface area contributed by atoms with Crippen molar-refractivity contribution >= 4 is 0 Å². The zero-order chi connectivity index (χ0) is 17.6. The van der Waals surface area contributed by atoms with E-state index in [1.54, 1.807) is 6.07 Å². The van der Waals surface area contributed by atoms with E-state index >= 15 is 0 Å². The molecule has 0 fully saturated rings. The van der Waals surface area contributed by atoms with Crippen LogP contribution in [-0.2, 0) is 13.0 Å². The Bertz CT molecular complexity index is 847. The number of halogens is 1. The molecule has 3 aromatic rings. The van der Waals surface area contributed by atoms with Crippen LogP contribution in [0.15, 0.2) is 66.7 Å². The summed E-state index contributed by atoms with van der Waals surface area (Å²) in [7, 11) is 0. The van der Waals surface area contributed by atoms with Gasteiger partial charge in [0.1, 0.15) is 12.4 Å². The third kappa shape index (κ3) is 4.29. The minimum absolute atomic E-state index is 0.0339. The summed E-state index contributed by atoms with van der Waals surface area (Å²) in [6.07, 6.45) is 0.857. The van der Waals surface area contributed by atoms with Crippen molar-refractivity contribution in [3.63, 3.8) is 0 Å². The minimum atomic E-state index is -0.631. The van der Waals surface area contributed by atoms with Crippen LogP contribution in [0.4, 0.5) is 4.39 Å². The average Bonchev–Trinajstić information content (AvgIpc) is 2.64. The first-order chi connectivity index (χ1) is 12.2. The van der Waals surface area contributed by atoms with Gasteiger partial charge in [-0.1, -0.05) is 43.3 Å². The molecule has 3 nitrogen and oxygen atoms in total. The van der Waals surface area contributed by atoms with Crippen LogP contribution in [0.5, 0.6) is 23.0 Å². The number of benzene rings is 3. The molecule has 3 rings (SSSR count). The summed E-state index contributed by atoms with van der Waals surface area (Å²) in [5.74, 6) is 0.236. The quantitative estimate of drug-likeness (QED) is 0.648. The van der Waals surface area contributed by atoms with E-state index in [0.717, 1.165) is 23.6 Å². The standard InChI is InChI=1S/C21H19FO3/c1-2-15-8-10-20(25-19-11-9-17(23)13-18(19)22)21(12-15)24-14-16-6-4-3-5-7-16/h3-13,23H,2,14H2,1H3. The summed E-state index contributed by atoms with van der Waals surface area (Å²) in [4.78, 5) is 0. The summed E-state index contributed by atoms with van der Waals surface area (Å²) < 4.78 is 25.5. The van der Waals surface area contributed by atoms with Gasteiger partial charge in [0, 0.05) is 6.07 Å². The lowest BCUT2D eigenvalue weighted by atomic mass is 10.1. The highest BCUT2D eigenvalue weighted by Gasteiger charge is 2.11. The molecular weight excluding hydrogens is 319 g/mol. The fraction of sp³-hybridized carbons (Fsp3) is 0.143. The van der Waals surface area contributed by atoms with E-state index in [1.807, 2.05) is 42.5 Å². The van der Waals surface area contributed by atoms with Gasteiger partial charge in [0.15, 0.2) is 23.1 Å². The highest BCUT2D eigenvalue weighted by atomic mass is 19.1. The molecule has 0 atom stereocenters. The fourth-order valence-electron chi connectivity index (χ4n) is 2.40. The van der Waals surface area contributed by atoms with E-state index in [-0.39, 0.29) is 11.5 Å². The monoisotopic (exact) mass is 338 g/mol. The van der Waals surface area contributed by atoms with Crippen LogP contribution in [0.1, 0.15) is 18.1 Å². The average molecular weight is 338 g/mol. The van der Waals surface area contributed by atoms with E-state index in [9.17, 15) is 9.50 Å². The number of rotatable bonds is 6. The second-order valence-corrected chi connectivity index (χ2v) is 5.63. The smallest absolute Gasteiger partial charge is 0.169 e. The lowest BCUT2D eigenvalue weighted by Crippen LogP contribution is -1.99. The third-order valence-electron chi connectivity index (χ3n) is 3.79. The van der Waals surface area contributed by atoms with Crippen molar-refractivity contribution < 1.29 is 19.0 Å². The molecule has 0 spiro atoms. The number of aromatic hydroxyl groups is 1. The van der Waals surface area contributed by atoms with Gasteiger partial charge in [-0.3, -0.25) is 0 Å². The highest BCUT2D eigenvalue weighted by molar-refractivity contribution is 5.46. The summed E-state index contributed by atoms with van der Waals surface area (Å²) in [6, 6.07) is 19.2. The number of aryl methyl sites for hydroxylation is 1. The van der Waals surface area contributed by atoms with Gasteiger partial charge in [0.2, 0.25) is 0 Å². The second kappa shape index (κ2) is 7.71. The SMILES string of the molecule is CCc1ccc(Oc2ccc(O)cc2F)c(OCc2ccccc2)c1. The summed E-state index contributed by atoms with van der Waals surface area (Å²) >= 11 is 0. The van der Waals surface area contributed by atoms with E-state index < -0.39 is 5.82 Å². The number of hydrogen-bond acceptors (Lipinski definition) is 3. The van der Waals surface area contributed by atoms with Crippen molar-refractivity contribution in [3.8, 4) is 23.0 Å². The lowest BCUT2D eigenvalue weighted by molar-refractivity contribution is 0.289. The largest absolute Gasteiger partial charge is 0.508 e. The predicted molar refractivity (Wildman–Crippen MR) is 94.7 cm³/mol. The Kier molecular flexibility index (Phi) is 5.19. The van der Waals surface area contributed by atoms with E-state index in [0.29, 0.717) is 18.1 Å². The predicted octanol–water partition coefficient (Wildman–Crippen LogP) is 5.47. The van der Waals surface area contributed by atoms with E-state index in [1.165, 1.54) is 12.1 Å². The van der Waals surface area contributed by atoms with Gasteiger partial charge >= 0.3 is 0 Å². The molecular formula is C21H19FO3. The number of ether oxygens (including phenoxy) is 2.